The first kappa shape index (κ1) is 21.6. The predicted octanol–water partition coefficient (Wildman–Crippen LogP) is 1.44. The lowest BCUT2D eigenvalue weighted by Crippen LogP contribution is -2.32. The average Bonchev–Trinajstić information content (AvgIpc) is 3.18. The SMILES string of the molecule is [B]c1nc(N[C@@H]2CCN(C(=O)c3ccc(NC(=O)C=C)cc3)C2)nc(N(C)C)c1Cl. The third-order valence-electron chi connectivity index (χ3n) is 4.68. The fraction of sp³-hybridized carbons (Fsp3) is 0.300. The zero-order valence-corrected chi connectivity index (χ0v) is 17.6. The highest BCUT2D eigenvalue weighted by molar-refractivity contribution is 6.45. The second-order valence-electron chi connectivity index (χ2n) is 7.12. The van der Waals surface area contributed by atoms with Gasteiger partial charge in [0.1, 0.15) is 7.85 Å². The standard InChI is InChI=1S/C20H22BClN6O2/c1-4-15(29)23-13-7-5-12(6-8-13)19(30)28-10-9-14(11-28)24-20-25-17(21)16(22)18(26-20)27(2)3/h4-8,14H,1,9-11H2,2-3H3,(H,23,29)(H,24,25,26)/t14-/m1/s1. The number of likely N-dealkylation sites (tertiary alicyclic amines) is 1. The minimum Gasteiger partial charge on any atom is -0.361 e. The Labute approximate surface area is 181 Å². The molecule has 1 aliphatic heterocycles. The smallest absolute Gasteiger partial charge is 0.253 e. The van der Waals surface area contributed by atoms with Crippen LogP contribution in [0.25, 0.3) is 0 Å². The van der Waals surface area contributed by atoms with Crippen LogP contribution < -0.4 is 21.1 Å². The summed E-state index contributed by atoms with van der Waals surface area (Å²) >= 11 is 6.16. The number of carbonyl (C=O) groups is 2. The number of rotatable bonds is 6. The van der Waals surface area contributed by atoms with E-state index in [1.54, 1.807) is 34.1 Å². The Morgan fingerprint density at radius 2 is 2.00 bits per heavy atom. The van der Waals surface area contributed by atoms with Crippen molar-refractivity contribution in [2.45, 2.75) is 12.5 Å². The van der Waals surface area contributed by atoms with Gasteiger partial charge in [0.25, 0.3) is 5.91 Å². The number of hydrogen-bond donors (Lipinski definition) is 2. The topological polar surface area (TPSA) is 90.5 Å². The van der Waals surface area contributed by atoms with Crippen molar-refractivity contribution in [1.82, 2.24) is 14.9 Å². The van der Waals surface area contributed by atoms with Crippen LogP contribution in [0.3, 0.4) is 0 Å². The van der Waals surface area contributed by atoms with Crippen molar-refractivity contribution >= 4 is 54.3 Å². The molecule has 30 heavy (non-hydrogen) atoms. The lowest BCUT2D eigenvalue weighted by molar-refractivity contribution is -0.111. The Bertz CT molecular complexity index is 967. The van der Waals surface area contributed by atoms with Gasteiger partial charge in [0, 0.05) is 50.1 Å². The highest BCUT2D eigenvalue weighted by atomic mass is 35.5. The van der Waals surface area contributed by atoms with Crippen molar-refractivity contribution in [2.24, 2.45) is 0 Å². The second-order valence-corrected chi connectivity index (χ2v) is 7.49. The molecule has 8 nitrogen and oxygen atoms in total. The predicted molar refractivity (Wildman–Crippen MR) is 120 cm³/mol. The van der Waals surface area contributed by atoms with Gasteiger partial charge >= 0.3 is 0 Å². The molecule has 2 heterocycles. The Morgan fingerprint density at radius 1 is 1.30 bits per heavy atom. The van der Waals surface area contributed by atoms with Crippen molar-refractivity contribution < 1.29 is 9.59 Å². The fourth-order valence-corrected chi connectivity index (χ4v) is 3.38. The van der Waals surface area contributed by atoms with E-state index in [4.69, 9.17) is 19.4 Å². The fourth-order valence-electron chi connectivity index (χ4n) is 3.13. The summed E-state index contributed by atoms with van der Waals surface area (Å²) in [5.74, 6) is 0.528. The van der Waals surface area contributed by atoms with Crippen LogP contribution in [-0.4, -0.2) is 67.8 Å². The Morgan fingerprint density at radius 3 is 2.63 bits per heavy atom. The van der Waals surface area contributed by atoms with Gasteiger partial charge in [0.15, 0.2) is 5.82 Å². The van der Waals surface area contributed by atoms with E-state index in [0.29, 0.717) is 41.1 Å². The van der Waals surface area contributed by atoms with Gasteiger partial charge in [0.05, 0.1) is 5.02 Å². The molecule has 154 valence electrons. The van der Waals surface area contributed by atoms with E-state index in [-0.39, 0.29) is 23.4 Å². The number of amides is 2. The van der Waals surface area contributed by atoms with E-state index in [9.17, 15) is 9.59 Å². The second kappa shape index (κ2) is 9.17. The number of nitrogens with zero attached hydrogens (tertiary/aromatic N) is 4. The molecule has 0 bridgehead atoms. The molecule has 1 saturated heterocycles. The van der Waals surface area contributed by atoms with E-state index >= 15 is 0 Å². The van der Waals surface area contributed by atoms with Gasteiger partial charge in [0.2, 0.25) is 11.9 Å². The third kappa shape index (κ3) is 4.91. The van der Waals surface area contributed by atoms with Gasteiger partial charge in [-0.2, -0.15) is 4.98 Å². The average molecular weight is 425 g/mol. The summed E-state index contributed by atoms with van der Waals surface area (Å²) in [4.78, 5) is 36.3. The zero-order chi connectivity index (χ0) is 21.8. The molecule has 0 spiro atoms. The Hall–Kier alpha value is -3.07. The van der Waals surface area contributed by atoms with E-state index in [1.165, 1.54) is 6.08 Å². The molecule has 0 unspecified atom stereocenters. The molecule has 2 aromatic rings. The van der Waals surface area contributed by atoms with Gasteiger partial charge in [-0.3, -0.25) is 9.59 Å². The monoisotopic (exact) mass is 424 g/mol. The van der Waals surface area contributed by atoms with Gasteiger partial charge in [-0.1, -0.05) is 18.2 Å². The number of carbonyl (C=O) groups excluding carboxylic acids is 2. The lowest BCUT2D eigenvalue weighted by atomic mass is 10.0. The number of aromatic nitrogens is 2. The quantitative estimate of drug-likeness (QED) is 0.539. The van der Waals surface area contributed by atoms with Crippen LogP contribution in [0, 0.1) is 0 Å². The molecule has 1 aromatic carbocycles. The van der Waals surface area contributed by atoms with Crippen molar-refractivity contribution in [3.8, 4) is 0 Å². The summed E-state index contributed by atoms with van der Waals surface area (Å²) < 4.78 is 0. The molecule has 3 rings (SSSR count). The maximum absolute atomic E-state index is 12.8. The van der Waals surface area contributed by atoms with Crippen molar-refractivity contribution in [3.63, 3.8) is 0 Å². The highest BCUT2D eigenvalue weighted by Gasteiger charge is 2.27. The van der Waals surface area contributed by atoms with E-state index in [2.05, 4.69) is 27.2 Å². The molecule has 1 aromatic heterocycles. The zero-order valence-electron chi connectivity index (χ0n) is 16.9. The molecule has 0 saturated carbocycles. The summed E-state index contributed by atoms with van der Waals surface area (Å²) in [6.45, 7) is 4.53. The first-order valence-corrected chi connectivity index (χ1v) is 9.76. The summed E-state index contributed by atoms with van der Waals surface area (Å²) in [5, 5.41) is 6.20. The number of anilines is 3. The largest absolute Gasteiger partial charge is 0.361 e. The minimum absolute atomic E-state index is 0.00399. The molecule has 2 amide bonds. The van der Waals surface area contributed by atoms with Crippen LogP contribution in [0.5, 0.6) is 0 Å². The van der Waals surface area contributed by atoms with Crippen LogP contribution in [-0.2, 0) is 4.79 Å². The first-order chi connectivity index (χ1) is 14.3. The Balaban J connectivity index is 1.63. The van der Waals surface area contributed by atoms with E-state index in [0.717, 1.165) is 6.42 Å². The van der Waals surface area contributed by atoms with Crippen LogP contribution in [0.2, 0.25) is 5.02 Å². The summed E-state index contributed by atoms with van der Waals surface area (Å²) in [6, 6.07) is 6.75. The summed E-state index contributed by atoms with van der Waals surface area (Å²) in [6.07, 6.45) is 1.94. The molecular weight excluding hydrogens is 403 g/mol. The van der Waals surface area contributed by atoms with E-state index < -0.39 is 0 Å². The van der Waals surface area contributed by atoms with Crippen LogP contribution >= 0.6 is 11.6 Å². The third-order valence-corrected chi connectivity index (χ3v) is 5.04. The molecule has 1 aliphatic rings. The maximum Gasteiger partial charge on any atom is 0.253 e. The molecular formula is C20H22BClN6O2. The van der Waals surface area contributed by atoms with Gasteiger partial charge in [-0.05, 0) is 36.8 Å². The van der Waals surface area contributed by atoms with Crippen molar-refractivity contribution in [2.75, 3.05) is 42.7 Å². The number of benzene rings is 1. The first-order valence-electron chi connectivity index (χ1n) is 9.38. The van der Waals surface area contributed by atoms with Gasteiger partial charge in [-0.25, -0.2) is 4.98 Å². The van der Waals surface area contributed by atoms with Crippen molar-refractivity contribution in [3.05, 3.63) is 47.5 Å². The summed E-state index contributed by atoms with van der Waals surface area (Å²) in [7, 11) is 9.53. The molecule has 2 radical (unpaired) electrons. The normalized spacial score (nSPS) is 15.6. The molecule has 1 fully saturated rings. The molecule has 10 heteroatoms. The molecule has 0 aliphatic carbocycles. The maximum atomic E-state index is 12.8. The number of hydrogen-bond acceptors (Lipinski definition) is 6. The number of nitrogens with one attached hydrogen (secondary N) is 2. The minimum atomic E-state index is -0.301. The highest BCUT2D eigenvalue weighted by Crippen LogP contribution is 2.22. The number of halogens is 1. The van der Waals surface area contributed by atoms with Gasteiger partial charge in [-0.15, -0.1) is 0 Å². The molecule has 2 N–H and O–H groups in total. The van der Waals surface area contributed by atoms with E-state index in [1.807, 2.05) is 14.1 Å². The van der Waals surface area contributed by atoms with Crippen molar-refractivity contribution in [1.29, 1.82) is 0 Å². The summed E-state index contributed by atoms with van der Waals surface area (Å²) in [5.41, 5.74) is 1.35. The van der Waals surface area contributed by atoms with Crippen LogP contribution in [0.15, 0.2) is 36.9 Å². The lowest BCUT2D eigenvalue weighted by Gasteiger charge is -2.19. The van der Waals surface area contributed by atoms with Crippen LogP contribution in [0.1, 0.15) is 16.8 Å². The van der Waals surface area contributed by atoms with Crippen LogP contribution in [0.4, 0.5) is 17.5 Å². The van der Waals surface area contributed by atoms with Gasteiger partial charge < -0.3 is 20.4 Å². The molecule has 1 atom stereocenters. The Kier molecular flexibility index (Phi) is 6.61.